The van der Waals surface area contributed by atoms with E-state index in [0.29, 0.717) is 20.8 Å². The Morgan fingerprint density at radius 2 is 1.90 bits per heavy atom. The van der Waals surface area contributed by atoms with E-state index < -0.39 is 11.6 Å². The van der Waals surface area contributed by atoms with Crippen LogP contribution >= 0.6 is 27.5 Å². The molecule has 0 fully saturated rings. The smallest absolute Gasteiger partial charge is 0.200 e. The maximum atomic E-state index is 13.6. The second-order valence-electron chi connectivity index (χ2n) is 3.94. The molecule has 0 bridgehead atoms. The summed E-state index contributed by atoms with van der Waals surface area (Å²) in [5.41, 5.74) is 0.639. The van der Waals surface area contributed by atoms with Crippen LogP contribution in [0.1, 0.15) is 5.56 Å². The summed E-state index contributed by atoms with van der Waals surface area (Å²) in [7, 11) is 1.51. The molecule has 0 radical (unpaired) electrons. The largest absolute Gasteiger partial charge is 0.496 e. The van der Waals surface area contributed by atoms with Gasteiger partial charge in [-0.1, -0.05) is 27.5 Å². The van der Waals surface area contributed by atoms with Crippen LogP contribution in [0.25, 0.3) is 0 Å². The third-order valence-electron chi connectivity index (χ3n) is 2.59. The molecule has 0 spiro atoms. The molecule has 0 aliphatic carbocycles. The van der Waals surface area contributed by atoms with E-state index in [9.17, 15) is 8.78 Å². The van der Waals surface area contributed by atoms with Gasteiger partial charge >= 0.3 is 0 Å². The predicted octanol–water partition coefficient (Wildman–Crippen LogP) is 4.97. The zero-order valence-corrected chi connectivity index (χ0v) is 12.8. The van der Waals surface area contributed by atoms with Gasteiger partial charge in [0.1, 0.15) is 12.4 Å². The number of ether oxygens (including phenoxy) is 2. The topological polar surface area (TPSA) is 18.5 Å². The van der Waals surface area contributed by atoms with Gasteiger partial charge in [0.2, 0.25) is 5.82 Å². The fraction of sp³-hybridized carbons (Fsp3) is 0.143. The molecule has 2 aromatic rings. The van der Waals surface area contributed by atoms with Gasteiger partial charge in [-0.2, -0.15) is 4.39 Å². The summed E-state index contributed by atoms with van der Waals surface area (Å²) in [6, 6.07) is 7.38. The van der Waals surface area contributed by atoms with Crippen molar-refractivity contribution in [3.63, 3.8) is 0 Å². The van der Waals surface area contributed by atoms with Crippen molar-refractivity contribution in [1.29, 1.82) is 0 Å². The van der Waals surface area contributed by atoms with Crippen LogP contribution in [0.15, 0.2) is 34.8 Å². The average Bonchev–Trinajstić information content (AvgIpc) is 2.41. The molecule has 2 rings (SSSR count). The lowest BCUT2D eigenvalue weighted by Crippen LogP contribution is -2.01. The first kappa shape index (κ1) is 15.1. The highest BCUT2D eigenvalue weighted by atomic mass is 79.9. The van der Waals surface area contributed by atoms with Crippen LogP contribution < -0.4 is 9.47 Å². The summed E-state index contributed by atoms with van der Waals surface area (Å²) < 4.78 is 37.7. The molecule has 0 heterocycles. The third-order valence-corrected chi connectivity index (χ3v) is 3.28. The van der Waals surface area contributed by atoms with Gasteiger partial charge in [0.25, 0.3) is 0 Å². The summed E-state index contributed by atoms with van der Waals surface area (Å²) in [6.07, 6.45) is 0. The molecule has 0 N–H and O–H groups in total. The standard InChI is InChI=1S/C14H10BrClF2O2/c1-19-12-3-2-10(16)4-8(12)7-20-13-6-9(15)5-11(17)14(13)18/h2-6H,7H2,1H3. The Morgan fingerprint density at radius 3 is 2.60 bits per heavy atom. The van der Waals surface area contributed by atoms with E-state index in [2.05, 4.69) is 15.9 Å². The van der Waals surface area contributed by atoms with Gasteiger partial charge in [0, 0.05) is 15.1 Å². The van der Waals surface area contributed by atoms with E-state index in [4.69, 9.17) is 21.1 Å². The minimum absolute atomic E-state index is 0.0105. The molecular formula is C14H10BrClF2O2. The number of hydrogen-bond acceptors (Lipinski definition) is 2. The minimum atomic E-state index is -1.03. The maximum absolute atomic E-state index is 13.6. The molecular weight excluding hydrogens is 354 g/mol. The zero-order chi connectivity index (χ0) is 14.7. The molecule has 2 aromatic carbocycles. The second-order valence-corrected chi connectivity index (χ2v) is 5.30. The van der Waals surface area contributed by atoms with Crippen molar-refractivity contribution < 1.29 is 18.3 Å². The van der Waals surface area contributed by atoms with Crippen LogP contribution in [-0.2, 0) is 6.61 Å². The fourth-order valence-electron chi connectivity index (χ4n) is 1.65. The summed E-state index contributed by atoms with van der Waals surface area (Å²) in [6.45, 7) is 0.0105. The van der Waals surface area contributed by atoms with Gasteiger partial charge in [-0.05, 0) is 30.3 Å². The maximum Gasteiger partial charge on any atom is 0.200 e. The normalized spacial score (nSPS) is 10.4. The Morgan fingerprint density at radius 1 is 1.15 bits per heavy atom. The Hall–Kier alpha value is -1.33. The highest BCUT2D eigenvalue weighted by molar-refractivity contribution is 9.10. The highest BCUT2D eigenvalue weighted by Crippen LogP contribution is 2.28. The van der Waals surface area contributed by atoms with Gasteiger partial charge in [0.15, 0.2) is 11.6 Å². The van der Waals surface area contributed by atoms with E-state index in [0.717, 1.165) is 6.07 Å². The van der Waals surface area contributed by atoms with Crippen molar-refractivity contribution in [2.75, 3.05) is 7.11 Å². The molecule has 0 atom stereocenters. The molecule has 0 saturated carbocycles. The van der Waals surface area contributed by atoms with E-state index in [1.807, 2.05) is 0 Å². The van der Waals surface area contributed by atoms with Crippen molar-refractivity contribution >= 4 is 27.5 Å². The first-order valence-corrected chi connectivity index (χ1v) is 6.78. The number of methoxy groups -OCH3 is 1. The van der Waals surface area contributed by atoms with Crippen LogP contribution in [0, 0.1) is 11.6 Å². The lowest BCUT2D eigenvalue weighted by atomic mass is 10.2. The molecule has 0 unspecified atom stereocenters. The molecule has 106 valence electrons. The molecule has 0 aliphatic heterocycles. The van der Waals surface area contributed by atoms with E-state index in [1.54, 1.807) is 18.2 Å². The van der Waals surface area contributed by atoms with Crippen LogP contribution in [0.5, 0.6) is 11.5 Å². The Bertz CT molecular complexity index is 635. The molecule has 0 amide bonds. The van der Waals surface area contributed by atoms with Gasteiger partial charge in [-0.3, -0.25) is 0 Å². The summed E-state index contributed by atoms with van der Waals surface area (Å²) in [5.74, 6) is -1.63. The number of hydrogen-bond donors (Lipinski definition) is 0. The van der Waals surface area contributed by atoms with Crippen LogP contribution in [0.4, 0.5) is 8.78 Å². The third kappa shape index (κ3) is 3.41. The van der Waals surface area contributed by atoms with Crippen molar-refractivity contribution in [3.8, 4) is 11.5 Å². The second kappa shape index (κ2) is 6.41. The lowest BCUT2D eigenvalue weighted by molar-refractivity contribution is 0.277. The molecule has 0 saturated heterocycles. The van der Waals surface area contributed by atoms with E-state index >= 15 is 0 Å². The van der Waals surface area contributed by atoms with E-state index in [-0.39, 0.29) is 12.4 Å². The van der Waals surface area contributed by atoms with Gasteiger partial charge in [-0.15, -0.1) is 0 Å². The van der Waals surface area contributed by atoms with Crippen molar-refractivity contribution in [3.05, 3.63) is 57.0 Å². The molecule has 2 nitrogen and oxygen atoms in total. The van der Waals surface area contributed by atoms with Gasteiger partial charge < -0.3 is 9.47 Å². The number of halogens is 4. The lowest BCUT2D eigenvalue weighted by Gasteiger charge is -2.11. The van der Waals surface area contributed by atoms with Crippen LogP contribution in [0.3, 0.4) is 0 Å². The Labute approximate surface area is 128 Å². The number of benzene rings is 2. The quantitative estimate of drug-likeness (QED) is 0.714. The molecule has 20 heavy (non-hydrogen) atoms. The van der Waals surface area contributed by atoms with Crippen molar-refractivity contribution in [1.82, 2.24) is 0 Å². The minimum Gasteiger partial charge on any atom is -0.496 e. The van der Waals surface area contributed by atoms with E-state index in [1.165, 1.54) is 13.2 Å². The molecule has 0 aliphatic rings. The number of rotatable bonds is 4. The van der Waals surface area contributed by atoms with Gasteiger partial charge in [-0.25, -0.2) is 4.39 Å². The highest BCUT2D eigenvalue weighted by Gasteiger charge is 2.12. The van der Waals surface area contributed by atoms with Crippen molar-refractivity contribution in [2.45, 2.75) is 6.61 Å². The summed E-state index contributed by atoms with van der Waals surface area (Å²) in [5, 5.41) is 0.505. The first-order valence-electron chi connectivity index (χ1n) is 5.61. The SMILES string of the molecule is COc1ccc(Cl)cc1COc1cc(Br)cc(F)c1F. The summed E-state index contributed by atoms with van der Waals surface area (Å²) in [4.78, 5) is 0. The zero-order valence-electron chi connectivity index (χ0n) is 10.4. The van der Waals surface area contributed by atoms with Crippen molar-refractivity contribution in [2.24, 2.45) is 0 Å². The Kier molecular flexibility index (Phi) is 4.83. The first-order chi connectivity index (χ1) is 9.51. The summed E-state index contributed by atoms with van der Waals surface area (Å²) >= 11 is 8.97. The van der Waals surface area contributed by atoms with Crippen LogP contribution in [-0.4, -0.2) is 7.11 Å². The molecule has 6 heteroatoms. The predicted molar refractivity (Wildman–Crippen MR) is 76.4 cm³/mol. The monoisotopic (exact) mass is 362 g/mol. The average molecular weight is 364 g/mol. The van der Waals surface area contributed by atoms with Crippen LogP contribution in [0.2, 0.25) is 5.02 Å². The Balaban J connectivity index is 2.23. The fourth-order valence-corrected chi connectivity index (χ4v) is 2.26. The molecule has 0 aromatic heterocycles. The van der Waals surface area contributed by atoms with Gasteiger partial charge in [0.05, 0.1) is 7.11 Å².